The van der Waals surface area contributed by atoms with Gasteiger partial charge in [-0.25, -0.2) is 4.68 Å². The fraction of sp³-hybridized carbons (Fsp3) is 0.263. The van der Waals surface area contributed by atoms with Gasteiger partial charge in [0.15, 0.2) is 0 Å². The number of hydrogen-bond donors (Lipinski definition) is 2. The molecule has 2 aromatic carbocycles. The van der Waals surface area contributed by atoms with Gasteiger partial charge in [-0.1, -0.05) is 44.2 Å². The quantitative estimate of drug-likeness (QED) is 0.706. The van der Waals surface area contributed by atoms with Crippen LogP contribution in [0, 0.1) is 0 Å². The molecule has 0 aliphatic carbocycles. The number of anilines is 1. The van der Waals surface area contributed by atoms with E-state index in [0.717, 1.165) is 10.2 Å². The number of amides is 1. The van der Waals surface area contributed by atoms with Crippen LogP contribution >= 0.6 is 0 Å². The molecule has 0 aliphatic heterocycles. The summed E-state index contributed by atoms with van der Waals surface area (Å²) >= 11 is 0. The first-order valence-electron chi connectivity index (χ1n) is 8.21. The van der Waals surface area contributed by atoms with E-state index in [1.165, 1.54) is 6.07 Å². The number of nitrogens with one attached hydrogen (secondary N) is 1. The summed E-state index contributed by atoms with van der Waals surface area (Å²) in [5, 5.41) is 20.8. The van der Waals surface area contributed by atoms with Gasteiger partial charge in [0.25, 0.3) is 5.56 Å². The summed E-state index contributed by atoms with van der Waals surface area (Å²) in [6.45, 7) is 5.81. The number of aromatic hydroxyl groups is 1. The maximum absolute atomic E-state index is 12.4. The highest BCUT2D eigenvalue weighted by Crippen LogP contribution is 2.30. The second-order valence-corrected chi connectivity index (χ2v) is 7.10. The van der Waals surface area contributed by atoms with Gasteiger partial charge in [-0.15, -0.1) is 5.10 Å². The summed E-state index contributed by atoms with van der Waals surface area (Å²) in [5.41, 5.74) is 1.22. The molecule has 2 N–H and O–H groups in total. The summed E-state index contributed by atoms with van der Waals surface area (Å²) in [4.78, 5) is 24.7. The molecule has 0 atom stereocenters. The first-order chi connectivity index (χ1) is 12.3. The van der Waals surface area contributed by atoms with Crippen molar-refractivity contribution in [2.45, 2.75) is 32.7 Å². The van der Waals surface area contributed by atoms with Crippen LogP contribution in [0.4, 0.5) is 5.69 Å². The standard InChI is InChI=1S/C19H20N4O3/c1-19(2,3)12-8-9-16(24)15(10-12)20-17(25)11-23-18(26)13-6-4-5-7-14(13)21-22-23/h4-10,24H,11H2,1-3H3,(H,20,25). The van der Waals surface area contributed by atoms with E-state index in [1.807, 2.05) is 26.8 Å². The van der Waals surface area contributed by atoms with Crippen LogP contribution in [0.2, 0.25) is 0 Å². The average Bonchev–Trinajstić information content (AvgIpc) is 2.58. The maximum atomic E-state index is 12.4. The van der Waals surface area contributed by atoms with Crippen molar-refractivity contribution in [1.82, 2.24) is 15.0 Å². The molecule has 0 saturated heterocycles. The zero-order valence-electron chi connectivity index (χ0n) is 14.9. The smallest absolute Gasteiger partial charge is 0.278 e. The molecule has 3 rings (SSSR count). The van der Waals surface area contributed by atoms with Gasteiger partial charge in [-0.3, -0.25) is 9.59 Å². The molecule has 1 heterocycles. The Balaban J connectivity index is 1.84. The van der Waals surface area contributed by atoms with Crippen molar-refractivity contribution in [2.24, 2.45) is 0 Å². The number of nitrogens with zero attached hydrogens (tertiary/aromatic N) is 3. The molecule has 0 radical (unpaired) electrons. The highest BCUT2D eigenvalue weighted by atomic mass is 16.3. The van der Waals surface area contributed by atoms with Gasteiger partial charge < -0.3 is 10.4 Å². The minimum atomic E-state index is -0.474. The highest BCUT2D eigenvalue weighted by Gasteiger charge is 2.17. The average molecular weight is 352 g/mol. The Morgan fingerprint density at radius 1 is 1.19 bits per heavy atom. The Labute approximate surface area is 150 Å². The molecular formula is C19H20N4O3. The number of phenolic OH excluding ortho intramolecular Hbond substituents is 1. The fourth-order valence-corrected chi connectivity index (χ4v) is 2.56. The summed E-state index contributed by atoms with van der Waals surface area (Å²) in [5.74, 6) is -0.513. The first kappa shape index (κ1) is 17.6. The van der Waals surface area contributed by atoms with Gasteiger partial charge in [0.05, 0.1) is 11.1 Å². The molecule has 134 valence electrons. The summed E-state index contributed by atoms with van der Waals surface area (Å²) in [7, 11) is 0. The third-order valence-corrected chi connectivity index (χ3v) is 4.06. The second-order valence-electron chi connectivity index (χ2n) is 7.10. The highest BCUT2D eigenvalue weighted by molar-refractivity contribution is 5.92. The van der Waals surface area contributed by atoms with E-state index < -0.39 is 11.5 Å². The number of hydrogen-bond acceptors (Lipinski definition) is 5. The molecular weight excluding hydrogens is 332 g/mol. The summed E-state index contributed by atoms with van der Waals surface area (Å²) in [6.07, 6.45) is 0. The van der Waals surface area contributed by atoms with E-state index in [4.69, 9.17) is 0 Å². The van der Waals surface area contributed by atoms with Crippen LogP contribution in [0.15, 0.2) is 47.3 Å². The van der Waals surface area contributed by atoms with Crippen molar-refractivity contribution < 1.29 is 9.90 Å². The van der Waals surface area contributed by atoms with Gasteiger partial charge in [-0.05, 0) is 35.2 Å². The lowest BCUT2D eigenvalue weighted by Crippen LogP contribution is -2.30. The molecule has 7 heteroatoms. The zero-order chi connectivity index (χ0) is 18.9. The molecule has 0 spiro atoms. The van der Waals surface area contributed by atoms with Crippen LogP contribution in [0.3, 0.4) is 0 Å². The minimum Gasteiger partial charge on any atom is -0.506 e. The normalized spacial score (nSPS) is 11.5. The first-order valence-corrected chi connectivity index (χ1v) is 8.21. The Hall–Kier alpha value is -3.22. The molecule has 1 amide bonds. The molecule has 26 heavy (non-hydrogen) atoms. The van der Waals surface area contributed by atoms with Gasteiger partial charge in [0, 0.05) is 0 Å². The molecule has 1 aromatic heterocycles. The minimum absolute atomic E-state index is 0.0386. The summed E-state index contributed by atoms with van der Waals surface area (Å²) in [6, 6.07) is 11.9. The maximum Gasteiger partial charge on any atom is 0.278 e. The second kappa shape index (κ2) is 6.59. The lowest BCUT2D eigenvalue weighted by molar-refractivity contribution is -0.117. The Bertz CT molecular complexity index is 1030. The Morgan fingerprint density at radius 3 is 2.65 bits per heavy atom. The van der Waals surface area contributed by atoms with E-state index in [-0.39, 0.29) is 17.7 Å². The summed E-state index contributed by atoms with van der Waals surface area (Å²) < 4.78 is 1.00. The van der Waals surface area contributed by atoms with Crippen molar-refractivity contribution >= 4 is 22.5 Å². The topological polar surface area (TPSA) is 97.1 Å². The van der Waals surface area contributed by atoms with E-state index in [0.29, 0.717) is 16.6 Å². The van der Waals surface area contributed by atoms with E-state index in [9.17, 15) is 14.7 Å². The zero-order valence-corrected chi connectivity index (χ0v) is 14.9. The molecule has 3 aromatic rings. The molecule has 0 saturated carbocycles. The number of benzene rings is 2. The predicted molar refractivity (Wildman–Crippen MR) is 99.2 cm³/mol. The number of aromatic nitrogens is 3. The number of carbonyl (C=O) groups is 1. The largest absolute Gasteiger partial charge is 0.506 e. The predicted octanol–water partition coefficient (Wildman–Crippen LogP) is 2.43. The van der Waals surface area contributed by atoms with E-state index >= 15 is 0 Å². The molecule has 0 aliphatic rings. The Kier molecular flexibility index (Phi) is 4.46. The Morgan fingerprint density at radius 2 is 1.92 bits per heavy atom. The SMILES string of the molecule is CC(C)(C)c1ccc(O)c(NC(=O)Cn2nnc3ccccc3c2=O)c1. The van der Waals surface area contributed by atoms with E-state index in [1.54, 1.807) is 30.3 Å². The third-order valence-electron chi connectivity index (χ3n) is 4.06. The molecule has 7 nitrogen and oxygen atoms in total. The molecule has 0 bridgehead atoms. The van der Waals surface area contributed by atoms with Gasteiger partial charge in [0.1, 0.15) is 17.8 Å². The van der Waals surface area contributed by atoms with Crippen molar-refractivity contribution in [1.29, 1.82) is 0 Å². The van der Waals surface area contributed by atoms with Crippen molar-refractivity contribution in [3.05, 3.63) is 58.4 Å². The van der Waals surface area contributed by atoms with Gasteiger partial charge in [-0.2, -0.15) is 0 Å². The van der Waals surface area contributed by atoms with Crippen LogP contribution in [0.5, 0.6) is 5.75 Å². The van der Waals surface area contributed by atoms with Crippen LogP contribution in [-0.2, 0) is 16.8 Å². The van der Waals surface area contributed by atoms with E-state index in [2.05, 4.69) is 15.6 Å². The number of fused-ring (bicyclic) bond motifs is 1. The number of carbonyl (C=O) groups excluding carboxylic acids is 1. The van der Waals surface area contributed by atoms with Crippen molar-refractivity contribution in [2.75, 3.05) is 5.32 Å². The third kappa shape index (κ3) is 3.56. The van der Waals surface area contributed by atoms with Crippen LogP contribution in [0.25, 0.3) is 10.9 Å². The van der Waals surface area contributed by atoms with Gasteiger partial charge in [0.2, 0.25) is 5.91 Å². The lowest BCUT2D eigenvalue weighted by atomic mass is 9.87. The monoisotopic (exact) mass is 352 g/mol. The van der Waals surface area contributed by atoms with Gasteiger partial charge >= 0.3 is 0 Å². The number of phenols is 1. The number of rotatable bonds is 3. The van der Waals surface area contributed by atoms with Crippen LogP contribution in [-0.4, -0.2) is 26.0 Å². The van der Waals surface area contributed by atoms with Crippen molar-refractivity contribution in [3.63, 3.8) is 0 Å². The molecule has 0 fully saturated rings. The van der Waals surface area contributed by atoms with Crippen LogP contribution in [0.1, 0.15) is 26.3 Å². The van der Waals surface area contributed by atoms with Crippen molar-refractivity contribution in [3.8, 4) is 5.75 Å². The lowest BCUT2D eigenvalue weighted by Gasteiger charge is -2.20. The van der Waals surface area contributed by atoms with Crippen LogP contribution < -0.4 is 10.9 Å². The molecule has 0 unspecified atom stereocenters. The fourth-order valence-electron chi connectivity index (χ4n) is 2.56.